The number of unbranched alkanes of at least 4 members (excludes halogenated alkanes) is 1. The van der Waals surface area contributed by atoms with E-state index in [0.29, 0.717) is 17.9 Å². The largest absolute Gasteiger partial charge is 0.484 e. The third-order valence-corrected chi connectivity index (χ3v) is 3.25. The Bertz CT molecular complexity index is 653. The van der Waals surface area contributed by atoms with E-state index < -0.39 is 0 Å². The van der Waals surface area contributed by atoms with Crippen molar-refractivity contribution in [3.8, 4) is 5.75 Å². The summed E-state index contributed by atoms with van der Waals surface area (Å²) in [6.07, 6.45) is 1.83. The van der Waals surface area contributed by atoms with Crippen LogP contribution in [0.15, 0.2) is 54.6 Å². The molecule has 1 N–H and O–H groups in total. The van der Waals surface area contributed by atoms with Crippen molar-refractivity contribution in [2.24, 2.45) is 0 Å². The fourth-order valence-corrected chi connectivity index (χ4v) is 1.95. The van der Waals surface area contributed by atoms with Gasteiger partial charge in [0.1, 0.15) is 5.75 Å². The first kappa shape index (κ1) is 17.5. The number of carbonyl (C=O) groups excluding carboxylic acids is 2. The summed E-state index contributed by atoms with van der Waals surface area (Å²) in [5.74, 6) is -0.0793. The van der Waals surface area contributed by atoms with E-state index in [1.54, 1.807) is 36.4 Å². The molecule has 0 aliphatic carbocycles. The van der Waals surface area contributed by atoms with Gasteiger partial charge in [-0.3, -0.25) is 4.79 Å². The predicted molar refractivity (Wildman–Crippen MR) is 92.2 cm³/mol. The molecule has 1 amide bonds. The van der Waals surface area contributed by atoms with Crippen LogP contribution >= 0.6 is 0 Å². The number of benzene rings is 2. The molecule has 5 heteroatoms. The third-order valence-electron chi connectivity index (χ3n) is 3.25. The summed E-state index contributed by atoms with van der Waals surface area (Å²) < 4.78 is 10.5. The summed E-state index contributed by atoms with van der Waals surface area (Å²) in [6, 6.07) is 15.7. The van der Waals surface area contributed by atoms with E-state index in [9.17, 15) is 9.59 Å². The van der Waals surface area contributed by atoms with Crippen molar-refractivity contribution in [3.05, 3.63) is 60.2 Å². The number of para-hydroxylation sites is 1. The number of nitrogens with one attached hydrogen (secondary N) is 1. The minimum Gasteiger partial charge on any atom is -0.484 e. The Morgan fingerprint density at radius 3 is 2.38 bits per heavy atom. The lowest BCUT2D eigenvalue weighted by atomic mass is 10.2. The number of amides is 1. The third kappa shape index (κ3) is 5.76. The Balaban J connectivity index is 1.79. The van der Waals surface area contributed by atoms with Gasteiger partial charge in [-0.05, 0) is 42.8 Å². The van der Waals surface area contributed by atoms with Crippen LogP contribution in [0.5, 0.6) is 5.75 Å². The second-order valence-electron chi connectivity index (χ2n) is 5.22. The van der Waals surface area contributed by atoms with Gasteiger partial charge in [0, 0.05) is 5.69 Å². The van der Waals surface area contributed by atoms with Crippen LogP contribution in [-0.2, 0) is 9.53 Å². The highest BCUT2D eigenvalue weighted by molar-refractivity contribution is 5.92. The van der Waals surface area contributed by atoms with Crippen LogP contribution < -0.4 is 10.1 Å². The van der Waals surface area contributed by atoms with E-state index in [1.807, 2.05) is 25.1 Å². The molecule has 2 aromatic rings. The summed E-state index contributed by atoms with van der Waals surface area (Å²) in [7, 11) is 0. The van der Waals surface area contributed by atoms with Gasteiger partial charge in [-0.25, -0.2) is 4.79 Å². The van der Waals surface area contributed by atoms with Gasteiger partial charge >= 0.3 is 5.97 Å². The minimum absolute atomic E-state index is 0.102. The molecule has 0 saturated heterocycles. The van der Waals surface area contributed by atoms with Crippen LogP contribution in [0, 0.1) is 0 Å². The Morgan fingerprint density at radius 1 is 1.00 bits per heavy atom. The summed E-state index contributed by atoms with van der Waals surface area (Å²) in [5, 5.41) is 2.73. The number of anilines is 1. The van der Waals surface area contributed by atoms with Crippen molar-refractivity contribution < 1.29 is 19.1 Å². The monoisotopic (exact) mass is 327 g/mol. The van der Waals surface area contributed by atoms with Gasteiger partial charge in [-0.2, -0.15) is 0 Å². The topological polar surface area (TPSA) is 64.6 Å². The number of carbonyl (C=O) groups is 2. The maximum Gasteiger partial charge on any atom is 0.338 e. The lowest BCUT2D eigenvalue weighted by Gasteiger charge is -2.08. The predicted octanol–water partition coefficient (Wildman–Crippen LogP) is 3.66. The van der Waals surface area contributed by atoms with Crippen molar-refractivity contribution in [2.75, 3.05) is 18.5 Å². The van der Waals surface area contributed by atoms with Crippen LogP contribution in [0.3, 0.4) is 0 Å². The SMILES string of the molecule is CCCCOC(=O)c1ccc(OCC(=O)Nc2ccccc2)cc1. The van der Waals surface area contributed by atoms with Crippen molar-refractivity contribution in [2.45, 2.75) is 19.8 Å². The van der Waals surface area contributed by atoms with Crippen molar-refractivity contribution >= 4 is 17.6 Å². The average Bonchev–Trinajstić information content (AvgIpc) is 2.61. The van der Waals surface area contributed by atoms with Crippen molar-refractivity contribution in [1.29, 1.82) is 0 Å². The summed E-state index contributed by atoms with van der Waals surface area (Å²) in [4.78, 5) is 23.6. The standard InChI is InChI=1S/C19H21NO4/c1-2-3-13-23-19(22)15-9-11-17(12-10-15)24-14-18(21)20-16-7-5-4-6-8-16/h4-12H,2-3,13-14H2,1H3,(H,20,21). The molecule has 0 atom stereocenters. The molecular weight excluding hydrogens is 306 g/mol. The van der Waals surface area contributed by atoms with Gasteiger partial charge in [-0.15, -0.1) is 0 Å². The number of ether oxygens (including phenoxy) is 2. The van der Waals surface area contributed by atoms with E-state index in [2.05, 4.69) is 5.32 Å². The van der Waals surface area contributed by atoms with Gasteiger partial charge in [0.2, 0.25) is 0 Å². The molecule has 2 rings (SSSR count). The van der Waals surface area contributed by atoms with Gasteiger partial charge in [-0.1, -0.05) is 31.5 Å². The first-order valence-electron chi connectivity index (χ1n) is 7.94. The Hall–Kier alpha value is -2.82. The molecule has 5 nitrogen and oxygen atoms in total. The maximum absolute atomic E-state index is 11.8. The Labute approximate surface area is 141 Å². The molecule has 2 aromatic carbocycles. The zero-order valence-electron chi connectivity index (χ0n) is 13.7. The summed E-state index contributed by atoms with van der Waals surface area (Å²) in [5.41, 5.74) is 1.18. The maximum atomic E-state index is 11.8. The molecular formula is C19H21NO4. The number of hydrogen-bond donors (Lipinski definition) is 1. The lowest BCUT2D eigenvalue weighted by Crippen LogP contribution is -2.20. The molecule has 24 heavy (non-hydrogen) atoms. The van der Waals surface area contributed by atoms with E-state index in [1.165, 1.54) is 0 Å². The van der Waals surface area contributed by atoms with Crippen LogP contribution in [0.4, 0.5) is 5.69 Å². The Kier molecular flexibility index (Phi) is 6.83. The number of hydrogen-bond acceptors (Lipinski definition) is 4. The second-order valence-corrected chi connectivity index (χ2v) is 5.22. The second kappa shape index (κ2) is 9.35. The van der Waals surface area contributed by atoms with E-state index in [4.69, 9.17) is 9.47 Å². The zero-order chi connectivity index (χ0) is 17.2. The first-order chi connectivity index (χ1) is 11.7. The Morgan fingerprint density at radius 2 is 1.71 bits per heavy atom. The molecule has 0 aromatic heterocycles. The van der Waals surface area contributed by atoms with Gasteiger partial charge in [0.05, 0.1) is 12.2 Å². The zero-order valence-corrected chi connectivity index (χ0v) is 13.7. The van der Waals surface area contributed by atoms with E-state index in [-0.39, 0.29) is 18.5 Å². The van der Waals surface area contributed by atoms with Crippen LogP contribution in [0.2, 0.25) is 0 Å². The highest BCUT2D eigenvalue weighted by Crippen LogP contribution is 2.13. The fourth-order valence-electron chi connectivity index (χ4n) is 1.95. The smallest absolute Gasteiger partial charge is 0.338 e. The van der Waals surface area contributed by atoms with Crippen molar-refractivity contribution in [3.63, 3.8) is 0 Å². The minimum atomic E-state index is -0.350. The molecule has 0 fully saturated rings. The van der Waals surface area contributed by atoms with Crippen LogP contribution in [-0.4, -0.2) is 25.1 Å². The molecule has 0 saturated carbocycles. The molecule has 126 valence electrons. The molecule has 0 bridgehead atoms. The number of rotatable bonds is 8. The lowest BCUT2D eigenvalue weighted by molar-refractivity contribution is -0.118. The number of esters is 1. The summed E-state index contributed by atoms with van der Waals surface area (Å²) >= 11 is 0. The van der Waals surface area contributed by atoms with E-state index >= 15 is 0 Å². The highest BCUT2D eigenvalue weighted by atomic mass is 16.5. The van der Waals surface area contributed by atoms with Gasteiger partial charge in [0.15, 0.2) is 6.61 Å². The van der Waals surface area contributed by atoms with Crippen LogP contribution in [0.1, 0.15) is 30.1 Å². The molecule has 0 heterocycles. The van der Waals surface area contributed by atoms with Crippen LogP contribution in [0.25, 0.3) is 0 Å². The molecule has 0 spiro atoms. The van der Waals surface area contributed by atoms with Crippen molar-refractivity contribution in [1.82, 2.24) is 0 Å². The molecule has 0 unspecified atom stereocenters. The fraction of sp³-hybridized carbons (Fsp3) is 0.263. The molecule has 0 aliphatic heterocycles. The quantitative estimate of drug-likeness (QED) is 0.593. The van der Waals surface area contributed by atoms with Gasteiger partial charge < -0.3 is 14.8 Å². The van der Waals surface area contributed by atoms with E-state index in [0.717, 1.165) is 18.5 Å². The van der Waals surface area contributed by atoms with Gasteiger partial charge in [0.25, 0.3) is 5.91 Å². The highest BCUT2D eigenvalue weighted by Gasteiger charge is 2.08. The first-order valence-corrected chi connectivity index (χ1v) is 7.94. The normalized spacial score (nSPS) is 10.0. The molecule has 0 aliphatic rings. The molecule has 0 radical (unpaired) electrons. The summed E-state index contributed by atoms with van der Waals surface area (Å²) in [6.45, 7) is 2.36. The average molecular weight is 327 g/mol.